The number of thioether (sulfide) groups is 1. The Labute approximate surface area is 185 Å². The predicted molar refractivity (Wildman–Crippen MR) is 115 cm³/mol. The van der Waals surface area contributed by atoms with Crippen molar-refractivity contribution in [2.45, 2.75) is 11.7 Å². The van der Waals surface area contributed by atoms with Crippen LogP contribution in [0.5, 0.6) is 0 Å². The number of amides is 4. The first-order valence-corrected chi connectivity index (χ1v) is 10.2. The minimum Gasteiger partial charge on any atom is -0.478 e. The maximum atomic E-state index is 12.5. The zero-order chi connectivity index (χ0) is 22.5. The first kappa shape index (κ1) is 22.3. The molecular weight excluding hydrogens is 446 g/mol. The summed E-state index contributed by atoms with van der Waals surface area (Å²) in [4.78, 5) is 60.7. The van der Waals surface area contributed by atoms with Gasteiger partial charge in [-0.3, -0.25) is 24.1 Å². The Morgan fingerprint density at radius 3 is 2.06 bits per heavy atom. The van der Waals surface area contributed by atoms with Crippen LogP contribution in [0, 0.1) is 0 Å². The van der Waals surface area contributed by atoms with Crippen molar-refractivity contribution in [1.82, 2.24) is 4.90 Å². The first-order valence-electron chi connectivity index (χ1n) is 8.93. The number of carbonyl (C=O) groups is 5. The number of rotatable bonds is 7. The topological polar surface area (TPSA) is 133 Å². The third-order valence-corrected chi connectivity index (χ3v) is 5.55. The molecule has 1 heterocycles. The van der Waals surface area contributed by atoms with Gasteiger partial charge in [-0.15, -0.1) is 0 Å². The number of carbonyl (C=O) groups excluding carboxylic acids is 4. The van der Waals surface area contributed by atoms with Gasteiger partial charge < -0.3 is 15.7 Å². The highest BCUT2D eigenvalue weighted by atomic mass is 35.5. The first-order chi connectivity index (χ1) is 14.7. The van der Waals surface area contributed by atoms with Crippen molar-refractivity contribution in [3.05, 3.63) is 59.1 Å². The molecular formula is C20H16ClN3O6S. The molecule has 1 atom stereocenters. The van der Waals surface area contributed by atoms with Crippen LogP contribution in [-0.2, 0) is 14.4 Å². The number of carboxylic acids is 1. The number of nitrogens with one attached hydrogen (secondary N) is 2. The molecule has 160 valence electrons. The molecule has 11 heteroatoms. The van der Waals surface area contributed by atoms with Gasteiger partial charge in [0.05, 0.1) is 5.56 Å². The highest BCUT2D eigenvalue weighted by molar-refractivity contribution is 8.15. The lowest BCUT2D eigenvalue weighted by Crippen LogP contribution is -2.38. The van der Waals surface area contributed by atoms with Crippen molar-refractivity contribution in [2.24, 2.45) is 0 Å². The van der Waals surface area contributed by atoms with Crippen LogP contribution in [0.15, 0.2) is 48.5 Å². The SMILES string of the molecule is O=C(CC1SC(=O)N(CC(=O)Nc2ccc(C(=O)O)cc2)C1=O)Nc1ccc(Cl)cc1. The molecule has 1 aliphatic rings. The molecule has 0 radical (unpaired) electrons. The van der Waals surface area contributed by atoms with E-state index in [0.717, 1.165) is 4.90 Å². The fourth-order valence-electron chi connectivity index (χ4n) is 2.72. The Hall–Kier alpha value is -3.37. The molecule has 4 amide bonds. The zero-order valence-electron chi connectivity index (χ0n) is 15.8. The molecule has 3 rings (SSSR count). The Balaban J connectivity index is 1.54. The third-order valence-electron chi connectivity index (χ3n) is 4.22. The van der Waals surface area contributed by atoms with Crippen LogP contribution in [0.1, 0.15) is 16.8 Å². The molecule has 9 nitrogen and oxygen atoms in total. The molecule has 1 aliphatic heterocycles. The second-order valence-corrected chi connectivity index (χ2v) is 8.08. The summed E-state index contributed by atoms with van der Waals surface area (Å²) in [5.74, 6) is -2.81. The highest BCUT2D eigenvalue weighted by Gasteiger charge is 2.41. The summed E-state index contributed by atoms with van der Waals surface area (Å²) in [7, 11) is 0. The lowest BCUT2D eigenvalue weighted by molar-refractivity contribution is -0.131. The van der Waals surface area contributed by atoms with Crippen LogP contribution in [0.4, 0.5) is 16.2 Å². The van der Waals surface area contributed by atoms with Gasteiger partial charge in [0.2, 0.25) is 17.7 Å². The van der Waals surface area contributed by atoms with Gasteiger partial charge in [0.15, 0.2) is 0 Å². The Bertz CT molecular complexity index is 1040. The van der Waals surface area contributed by atoms with E-state index in [4.69, 9.17) is 16.7 Å². The number of benzene rings is 2. The largest absolute Gasteiger partial charge is 0.478 e. The molecule has 2 aromatic rings. The van der Waals surface area contributed by atoms with E-state index in [1.54, 1.807) is 24.3 Å². The van der Waals surface area contributed by atoms with Crippen molar-refractivity contribution in [1.29, 1.82) is 0 Å². The summed E-state index contributed by atoms with van der Waals surface area (Å²) in [6.07, 6.45) is -0.230. The molecule has 0 aliphatic carbocycles. The molecule has 0 aromatic heterocycles. The second kappa shape index (κ2) is 9.63. The molecule has 0 saturated carbocycles. The fourth-order valence-corrected chi connectivity index (χ4v) is 3.84. The van der Waals surface area contributed by atoms with Crippen LogP contribution in [0.25, 0.3) is 0 Å². The van der Waals surface area contributed by atoms with E-state index in [1.165, 1.54) is 24.3 Å². The summed E-state index contributed by atoms with van der Waals surface area (Å²) in [6, 6.07) is 11.8. The maximum absolute atomic E-state index is 12.5. The quantitative estimate of drug-likeness (QED) is 0.577. The van der Waals surface area contributed by atoms with Gasteiger partial charge >= 0.3 is 5.97 Å². The van der Waals surface area contributed by atoms with Gasteiger partial charge in [-0.05, 0) is 48.5 Å². The van der Waals surface area contributed by atoms with Crippen molar-refractivity contribution in [2.75, 3.05) is 17.2 Å². The predicted octanol–water partition coefficient (Wildman–Crippen LogP) is 3.07. The van der Waals surface area contributed by atoms with Crippen LogP contribution in [-0.4, -0.2) is 50.7 Å². The van der Waals surface area contributed by atoms with Gasteiger partial charge in [0, 0.05) is 22.8 Å². The lowest BCUT2D eigenvalue weighted by atomic mass is 10.2. The molecule has 1 fully saturated rings. The lowest BCUT2D eigenvalue weighted by Gasteiger charge is -2.14. The van der Waals surface area contributed by atoms with Crippen LogP contribution in [0.2, 0.25) is 5.02 Å². The van der Waals surface area contributed by atoms with Gasteiger partial charge in [-0.25, -0.2) is 4.79 Å². The number of nitrogens with zero attached hydrogens (tertiary/aromatic N) is 1. The van der Waals surface area contributed by atoms with E-state index in [9.17, 15) is 24.0 Å². The van der Waals surface area contributed by atoms with E-state index in [1.807, 2.05) is 0 Å². The van der Waals surface area contributed by atoms with Gasteiger partial charge in [-0.2, -0.15) is 0 Å². The average Bonchev–Trinajstić information content (AvgIpc) is 2.97. The van der Waals surface area contributed by atoms with Gasteiger partial charge in [0.25, 0.3) is 5.24 Å². The molecule has 2 aromatic carbocycles. The van der Waals surface area contributed by atoms with Gasteiger partial charge in [0.1, 0.15) is 11.8 Å². The Morgan fingerprint density at radius 1 is 0.935 bits per heavy atom. The number of imide groups is 1. The van der Waals surface area contributed by atoms with Crippen LogP contribution >= 0.6 is 23.4 Å². The summed E-state index contributed by atoms with van der Waals surface area (Å²) in [6.45, 7) is -0.513. The summed E-state index contributed by atoms with van der Waals surface area (Å²) in [5.41, 5.74) is 0.876. The number of anilines is 2. The normalized spacial score (nSPS) is 15.6. The monoisotopic (exact) mass is 461 g/mol. The molecule has 1 unspecified atom stereocenters. The summed E-state index contributed by atoms with van der Waals surface area (Å²) >= 11 is 6.48. The van der Waals surface area contributed by atoms with Crippen molar-refractivity contribution in [3.63, 3.8) is 0 Å². The van der Waals surface area contributed by atoms with Crippen LogP contribution < -0.4 is 10.6 Å². The maximum Gasteiger partial charge on any atom is 0.335 e. The number of hydrogen-bond acceptors (Lipinski definition) is 6. The summed E-state index contributed by atoms with van der Waals surface area (Å²) in [5, 5.41) is 13.0. The second-order valence-electron chi connectivity index (χ2n) is 6.49. The number of aromatic carboxylic acids is 1. The van der Waals surface area contributed by atoms with E-state index < -0.39 is 40.7 Å². The molecule has 0 spiro atoms. The molecule has 3 N–H and O–H groups in total. The van der Waals surface area contributed by atoms with E-state index in [0.29, 0.717) is 28.2 Å². The van der Waals surface area contributed by atoms with E-state index in [-0.39, 0.29) is 12.0 Å². The Kier molecular flexibility index (Phi) is 6.93. The zero-order valence-corrected chi connectivity index (χ0v) is 17.4. The standard InChI is InChI=1S/C20H16ClN3O6S/c21-12-3-7-14(8-4-12)22-16(25)9-15-18(27)24(20(30)31-15)10-17(26)23-13-5-1-11(2-6-13)19(28)29/h1-8,15H,9-10H2,(H,22,25)(H,23,26)(H,28,29). The van der Waals surface area contributed by atoms with Gasteiger partial charge in [-0.1, -0.05) is 23.4 Å². The minimum absolute atomic E-state index is 0.0546. The van der Waals surface area contributed by atoms with Crippen LogP contribution in [0.3, 0.4) is 0 Å². The third kappa shape index (κ3) is 5.83. The van der Waals surface area contributed by atoms with Crippen molar-refractivity contribution < 1.29 is 29.1 Å². The Morgan fingerprint density at radius 2 is 1.48 bits per heavy atom. The number of halogens is 1. The average molecular weight is 462 g/mol. The fraction of sp³-hybridized carbons (Fsp3) is 0.150. The summed E-state index contributed by atoms with van der Waals surface area (Å²) < 4.78 is 0. The molecule has 31 heavy (non-hydrogen) atoms. The molecule has 1 saturated heterocycles. The van der Waals surface area contributed by atoms with Crippen molar-refractivity contribution in [3.8, 4) is 0 Å². The smallest absolute Gasteiger partial charge is 0.335 e. The minimum atomic E-state index is -1.10. The number of hydrogen-bond donors (Lipinski definition) is 3. The number of carboxylic acid groups (broad SMARTS) is 1. The highest BCUT2D eigenvalue weighted by Crippen LogP contribution is 2.29. The van der Waals surface area contributed by atoms with E-state index in [2.05, 4.69) is 10.6 Å². The molecule has 0 bridgehead atoms. The van der Waals surface area contributed by atoms with Crippen molar-refractivity contribution >= 4 is 63.7 Å². The van der Waals surface area contributed by atoms with E-state index >= 15 is 0 Å².